The van der Waals surface area contributed by atoms with E-state index in [0.29, 0.717) is 0 Å². The summed E-state index contributed by atoms with van der Waals surface area (Å²) in [5, 5.41) is 1.98. The summed E-state index contributed by atoms with van der Waals surface area (Å²) < 4.78 is 0. The van der Waals surface area contributed by atoms with Gasteiger partial charge in [-0.2, -0.15) is 5.12 Å². The predicted molar refractivity (Wildman–Crippen MR) is 44.4 cm³/mol. The Morgan fingerprint density at radius 1 is 1.10 bits per heavy atom. The molecule has 0 amide bonds. The quantitative estimate of drug-likeness (QED) is 0.426. The van der Waals surface area contributed by atoms with Crippen LogP contribution in [0.4, 0.5) is 0 Å². The minimum Gasteiger partial charge on any atom is -0.245 e. The number of nitrogens with zero attached hydrogens (tertiary/aromatic N) is 1. The van der Waals surface area contributed by atoms with Gasteiger partial charge in [-0.1, -0.05) is 19.8 Å². The van der Waals surface area contributed by atoms with Gasteiger partial charge in [0.05, 0.1) is 0 Å². The Balaban J connectivity index is 3.09. The molecule has 62 valence electrons. The van der Waals surface area contributed by atoms with Gasteiger partial charge in [-0.05, 0) is 6.42 Å². The molecule has 3 nitrogen and oxygen atoms in total. The van der Waals surface area contributed by atoms with E-state index < -0.39 is 0 Å². The number of hydrazine groups is 2. The molecule has 0 aromatic carbocycles. The van der Waals surface area contributed by atoms with Crippen molar-refractivity contribution >= 4 is 0 Å². The van der Waals surface area contributed by atoms with Crippen molar-refractivity contribution in [2.75, 3.05) is 20.6 Å². The average Bonchev–Trinajstić information content (AvgIpc) is 1.99. The van der Waals surface area contributed by atoms with Crippen molar-refractivity contribution in [3.8, 4) is 0 Å². The van der Waals surface area contributed by atoms with Crippen molar-refractivity contribution in [2.45, 2.75) is 26.2 Å². The molecule has 0 fully saturated rings. The largest absolute Gasteiger partial charge is 0.245 e. The summed E-state index contributed by atoms with van der Waals surface area (Å²) in [6.07, 6.45) is 3.83. The van der Waals surface area contributed by atoms with E-state index >= 15 is 0 Å². The summed E-state index contributed by atoms with van der Waals surface area (Å²) in [4.78, 5) is 0. The average molecular weight is 145 g/mol. The molecule has 0 aliphatic rings. The molecule has 10 heavy (non-hydrogen) atoms. The third-order valence-electron chi connectivity index (χ3n) is 1.53. The van der Waals surface area contributed by atoms with Gasteiger partial charge < -0.3 is 0 Å². The van der Waals surface area contributed by atoms with Crippen molar-refractivity contribution < 1.29 is 0 Å². The third-order valence-corrected chi connectivity index (χ3v) is 1.53. The SMILES string of the molecule is CCCCCN(NC)NC. The van der Waals surface area contributed by atoms with E-state index in [1.807, 2.05) is 19.2 Å². The smallest absolute Gasteiger partial charge is 0.0288 e. The number of rotatable bonds is 6. The zero-order chi connectivity index (χ0) is 7.82. The van der Waals surface area contributed by atoms with Crippen molar-refractivity contribution in [1.82, 2.24) is 16.0 Å². The molecule has 2 N–H and O–H groups in total. The Bertz CT molecular complexity index is 61.9. The normalized spacial score (nSPS) is 10.8. The van der Waals surface area contributed by atoms with Crippen LogP contribution in [0.3, 0.4) is 0 Å². The lowest BCUT2D eigenvalue weighted by atomic mass is 10.2. The summed E-state index contributed by atoms with van der Waals surface area (Å²) in [6.45, 7) is 3.28. The number of nitrogens with one attached hydrogen (secondary N) is 2. The van der Waals surface area contributed by atoms with Gasteiger partial charge in [0, 0.05) is 20.6 Å². The van der Waals surface area contributed by atoms with Gasteiger partial charge in [-0.15, -0.1) is 0 Å². The maximum Gasteiger partial charge on any atom is 0.0288 e. The van der Waals surface area contributed by atoms with Crippen LogP contribution in [0, 0.1) is 0 Å². The molecule has 0 bridgehead atoms. The van der Waals surface area contributed by atoms with Gasteiger partial charge in [-0.25, -0.2) is 10.9 Å². The van der Waals surface area contributed by atoms with Gasteiger partial charge in [0.2, 0.25) is 0 Å². The fraction of sp³-hybridized carbons (Fsp3) is 1.00. The lowest BCUT2D eigenvalue weighted by molar-refractivity contribution is 0.142. The molecule has 0 saturated heterocycles. The molecule has 0 unspecified atom stereocenters. The van der Waals surface area contributed by atoms with Gasteiger partial charge in [0.1, 0.15) is 0 Å². The molecule has 0 aromatic heterocycles. The number of hydrogen-bond donors (Lipinski definition) is 2. The topological polar surface area (TPSA) is 27.3 Å². The highest BCUT2D eigenvalue weighted by Gasteiger charge is 1.94. The summed E-state index contributed by atoms with van der Waals surface area (Å²) in [7, 11) is 3.84. The second-order valence-corrected chi connectivity index (χ2v) is 2.31. The summed E-state index contributed by atoms with van der Waals surface area (Å²) in [6, 6.07) is 0. The van der Waals surface area contributed by atoms with E-state index in [2.05, 4.69) is 17.8 Å². The van der Waals surface area contributed by atoms with Gasteiger partial charge in [0.15, 0.2) is 0 Å². The molecule has 0 radical (unpaired) electrons. The Hall–Kier alpha value is -0.120. The summed E-state index contributed by atoms with van der Waals surface area (Å²) in [5.41, 5.74) is 6.07. The van der Waals surface area contributed by atoms with Crippen LogP contribution in [-0.4, -0.2) is 25.8 Å². The minimum absolute atomic E-state index is 1.07. The molecule has 0 aliphatic heterocycles. The molecule has 3 heteroatoms. The molecule has 0 aliphatic carbocycles. The number of unbranched alkanes of at least 4 members (excludes halogenated alkanes) is 2. The van der Waals surface area contributed by atoms with Gasteiger partial charge >= 0.3 is 0 Å². The Morgan fingerprint density at radius 3 is 2.10 bits per heavy atom. The maximum atomic E-state index is 3.03. The van der Waals surface area contributed by atoms with Gasteiger partial charge in [0.25, 0.3) is 0 Å². The molecule has 0 aromatic rings. The van der Waals surface area contributed by atoms with Crippen molar-refractivity contribution in [3.05, 3.63) is 0 Å². The molecule has 0 saturated carbocycles. The minimum atomic E-state index is 1.07. The van der Waals surface area contributed by atoms with Crippen LogP contribution < -0.4 is 10.9 Å². The van der Waals surface area contributed by atoms with Crippen LogP contribution in [0.2, 0.25) is 0 Å². The first-order valence-electron chi connectivity index (χ1n) is 3.97. The van der Waals surface area contributed by atoms with Crippen LogP contribution in [0.15, 0.2) is 0 Å². The van der Waals surface area contributed by atoms with E-state index in [9.17, 15) is 0 Å². The fourth-order valence-electron chi connectivity index (χ4n) is 0.855. The van der Waals surface area contributed by atoms with E-state index in [0.717, 1.165) is 6.54 Å². The summed E-state index contributed by atoms with van der Waals surface area (Å²) >= 11 is 0. The van der Waals surface area contributed by atoms with Crippen LogP contribution >= 0.6 is 0 Å². The maximum absolute atomic E-state index is 3.03. The van der Waals surface area contributed by atoms with E-state index in [1.54, 1.807) is 0 Å². The third kappa shape index (κ3) is 4.73. The molecular formula is C7H19N3. The molecule has 0 heterocycles. The first kappa shape index (κ1) is 9.88. The standard InChI is InChI=1S/C7H19N3/c1-4-5-6-7-10(8-2)9-3/h8-9H,4-7H2,1-3H3. The fourth-order valence-corrected chi connectivity index (χ4v) is 0.855. The second kappa shape index (κ2) is 6.99. The van der Waals surface area contributed by atoms with E-state index in [4.69, 9.17) is 0 Å². The lowest BCUT2D eigenvalue weighted by Crippen LogP contribution is -2.44. The van der Waals surface area contributed by atoms with Crippen molar-refractivity contribution in [2.24, 2.45) is 0 Å². The monoisotopic (exact) mass is 145 g/mol. The number of hydrogen-bond acceptors (Lipinski definition) is 3. The molecule has 0 rings (SSSR count). The Labute approximate surface area is 63.7 Å². The van der Waals surface area contributed by atoms with Crippen LogP contribution in [0.5, 0.6) is 0 Å². The van der Waals surface area contributed by atoms with Gasteiger partial charge in [-0.3, -0.25) is 0 Å². The van der Waals surface area contributed by atoms with Crippen molar-refractivity contribution in [1.29, 1.82) is 0 Å². The first-order chi connectivity index (χ1) is 4.85. The van der Waals surface area contributed by atoms with Crippen LogP contribution in [-0.2, 0) is 0 Å². The predicted octanol–water partition coefficient (Wildman–Crippen LogP) is 0.747. The Kier molecular flexibility index (Phi) is 6.91. The second-order valence-electron chi connectivity index (χ2n) is 2.31. The van der Waals surface area contributed by atoms with E-state index in [-0.39, 0.29) is 0 Å². The summed E-state index contributed by atoms with van der Waals surface area (Å²) in [5.74, 6) is 0. The zero-order valence-corrected chi connectivity index (χ0v) is 7.28. The molecule has 0 spiro atoms. The van der Waals surface area contributed by atoms with Crippen LogP contribution in [0.1, 0.15) is 26.2 Å². The zero-order valence-electron chi connectivity index (χ0n) is 7.28. The molecular weight excluding hydrogens is 126 g/mol. The highest BCUT2D eigenvalue weighted by molar-refractivity contribution is 4.42. The van der Waals surface area contributed by atoms with Crippen molar-refractivity contribution in [3.63, 3.8) is 0 Å². The lowest BCUT2D eigenvalue weighted by Gasteiger charge is -2.18. The van der Waals surface area contributed by atoms with E-state index in [1.165, 1.54) is 19.3 Å². The first-order valence-corrected chi connectivity index (χ1v) is 3.97. The Morgan fingerprint density at radius 2 is 1.70 bits per heavy atom. The highest BCUT2D eigenvalue weighted by Crippen LogP contribution is 1.93. The molecule has 0 atom stereocenters. The van der Waals surface area contributed by atoms with Crippen LogP contribution in [0.25, 0.3) is 0 Å². The highest BCUT2D eigenvalue weighted by atomic mass is 15.7.